The van der Waals surface area contributed by atoms with Gasteiger partial charge in [0.2, 0.25) is 0 Å². The van der Waals surface area contributed by atoms with Crippen LogP contribution in [0.2, 0.25) is 0 Å². The van der Waals surface area contributed by atoms with E-state index in [2.05, 4.69) is 18.0 Å². The summed E-state index contributed by atoms with van der Waals surface area (Å²) in [6.45, 7) is 2.17. The summed E-state index contributed by atoms with van der Waals surface area (Å²) in [7, 11) is 0. The van der Waals surface area contributed by atoms with E-state index in [-0.39, 0.29) is 0 Å². The van der Waals surface area contributed by atoms with Gasteiger partial charge in [-0.2, -0.15) is 0 Å². The highest BCUT2D eigenvalue weighted by Gasteiger charge is 2.01. The molecule has 0 spiro atoms. The van der Waals surface area contributed by atoms with Crippen molar-refractivity contribution in [3.63, 3.8) is 0 Å². The summed E-state index contributed by atoms with van der Waals surface area (Å²) in [4.78, 5) is 3.88. The van der Waals surface area contributed by atoms with E-state index in [4.69, 9.17) is 0 Å². The molecule has 0 bridgehead atoms. The Morgan fingerprint density at radius 3 is 3.00 bits per heavy atom. The van der Waals surface area contributed by atoms with E-state index in [0.29, 0.717) is 6.42 Å². The summed E-state index contributed by atoms with van der Waals surface area (Å²) in [6, 6.07) is 0. The molecule has 0 aliphatic heterocycles. The van der Waals surface area contributed by atoms with Crippen molar-refractivity contribution in [3.8, 4) is 0 Å². The normalized spacial score (nSPS) is 13.6. The summed E-state index contributed by atoms with van der Waals surface area (Å²) in [5.41, 5.74) is 0. The van der Waals surface area contributed by atoms with Crippen LogP contribution in [0.5, 0.6) is 0 Å². The molecule has 3 nitrogen and oxygen atoms in total. The lowest BCUT2D eigenvalue weighted by molar-refractivity contribution is 0.107. The van der Waals surface area contributed by atoms with Gasteiger partial charge in [0.25, 0.3) is 0 Å². The molecule has 0 radical (unpaired) electrons. The van der Waals surface area contributed by atoms with E-state index in [1.54, 1.807) is 23.3 Å². The van der Waals surface area contributed by atoms with Gasteiger partial charge in [0.15, 0.2) is 0 Å². The quantitative estimate of drug-likeness (QED) is 0.558. The zero-order valence-corrected chi connectivity index (χ0v) is 8.63. The fourth-order valence-electron chi connectivity index (χ4n) is 1.23. The molecule has 1 rings (SSSR count). The van der Waals surface area contributed by atoms with Crippen LogP contribution in [0.4, 0.5) is 0 Å². The predicted molar refractivity (Wildman–Crippen MR) is 56.8 cm³/mol. The van der Waals surface area contributed by atoms with Crippen molar-refractivity contribution < 1.29 is 5.11 Å². The lowest BCUT2D eigenvalue weighted by Crippen LogP contribution is -2.03. The lowest BCUT2D eigenvalue weighted by atomic mass is 10.2. The Balaban J connectivity index is 2.21. The van der Waals surface area contributed by atoms with Crippen molar-refractivity contribution in [2.24, 2.45) is 0 Å². The van der Waals surface area contributed by atoms with Crippen LogP contribution in [0, 0.1) is 0 Å². The first-order valence-electron chi connectivity index (χ1n) is 5.15. The smallest absolute Gasteiger partial charge is 0.135 e. The van der Waals surface area contributed by atoms with Crippen LogP contribution in [0.3, 0.4) is 0 Å². The van der Waals surface area contributed by atoms with Gasteiger partial charge in [-0.15, -0.1) is 0 Å². The van der Waals surface area contributed by atoms with Crippen LogP contribution < -0.4 is 0 Å². The number of hydrogen-bond donors (Lipinski definition) is 1. The second-order valence-electron chi connectivity index (χ2n) is 3.34. The Morgan fingerprint density at radius 2 is 2.36 bits per heavy atom. The first-order chi connectivity index (χ1) is 6.84. The zero-order chi connectivity index (χ0) is 10.2. The van der Waals surface area contributed by atoms with E-state index < -0.39 is 6.23 Å². The fourth-order valence-corrected chi connectivity index (χ4v) is 1.23. The number of nitrogens with zero attached hydrogens (tertiary/aromatic N) is 2. The van der Waals surface area contributed by atoms with Crippen LogP contribution in [0.1, 0.15) is 38.8 Å². The number of aromatic nitrogens is 2. The van der Waals surface area contributed by atoms with Crippen molar-refractivity contribution in [3.05, 3.63) is 30.9 Å². The molecule has 1 aromatic heterocycles. The Morgan fingerprint density at radius 1 is 1.50 bits per heavy atom. The molecule has 1 heterocycles. The van der Waals surface area contributed by atoms with Crippen molar-refractivity contribution in [1.29, 1.82) is 0 Å². The van der Waals surface area contributed by atoms with Gasteiger partial charge in [0, 0.05) is 18.8 Å². The number of allylic oxidation sites excluding steroid dienone is 1. The van der Waals surface area contributed by atoms with Crippen LogP contribution in [-0.4, -0.2) is 14.7 Å². The van der Waals surface area contributed by atoms with Crippen molar-refractivity contribution >= 4 is 0 Å². The predicted octanol–water partition coefficient (Wildman–Crippen LogP) is 2.51. The molecule has 0 aliphatic rings. The van der Waals surface area contributed by atoms with Crippen LogP contribution in [-0.2, 0) is 0 Å². The number of aliphatic hydroxyl groups is 1. The summed E-state index contributed by atoms with van der Waals surface area (Å²) in [6.07, 6.45) is 12.9. The Hall–Kier alpha value is -1.09. The SMILES string of the molecule is CCCC/C=C/CC(O)n1ccnc1. The van der Waals surface area contributed by atoms with Gasteiger partial charge < -0.3 is 9.67 Å². The molecule has 0 saturated heterocycles. The minimum Gasteiger partial charge on any atom is -0.373 e. The van der Waals surface area contributed by atoms with E-state index >= 15 is 0 Å². The van der Waals surface area contributed by atoms with Gasteiger partial charge >= 0.3 is 0 Å². The highest BCUT2D eigenvalue weighted by Crippen LogP contribution is 2.07. The average Bonchev–Trinajstić information content (AvgIpc) is 2.70. The molecule has 0 fully saturated rings. The van der Waals surface area contributed by atoms with Gasteiger partial charge in [0.1, 0.15) is 6.23 Å². The molecule has 0 aromatic carbocycles. The number of aliphatic hydroxyl groups excluding tert-OH is 1. The maximum Gasteiger partial charge on any atom is 0.135 e. The molecule has 1 N–H and O–H groups in total. The number of rotatable bonds is 6. The Kier molecular flexibility index (Phi) is 5.00. The standard InChI is InChI=1S/C11H18N2O/c1-2-3-4-5-6-7-11(14)13-9-8-12-10-13/h5-6,8-11,14H,2-4,7H2,1H3/b6-5+. The topological polar surface area (TPSA) is 38.0 Å². The van der Waals surface area contributed by atoms with Crippen LogP contribution in [0.25, 0.3) is 0 Å². The minimum absolute atomic E-state index is 0.477. The van der Waals surface area contributed by atoms with E-state index in [0.717, 1.165) is 6.42 Å². The molecule has 0 saturated carbocycles. The molecule has 1 unspecified atom stereocenters. The second kappa shape index (κ2) is 6.38. The van der Waals surface area contributed by atoms with Gasteiger partial charge in [0.05, 0.1) is 6.33 Å². The third-order valence-electron chi connectivity index (χ3n) is 2.11. The summed E-state index contributed by atoms with van der Waals surface area (Å²) in [5, 5.41) is 9.64. The lowest BCUT2D eigenvalue weighted by Gasteiger charge is -2.08. The summed E-state index contributed by atoms with van der Waals surface area (Å²) < 4.78 is 1.70. The van der Waals surface area contributed by atoms with E-state index in [9.17, 15) is 5.11 Å². The Bertz CT molecular complexity index is 254. The molecular formula is C11H18N2O. The number of unbranched alkanes of at least 4 members (excludes halogenated alkanes) is 2. The summed E-state index contributed by atoms with van der Waals surface area (Å²) in [5.74, 6) is 0. The molecule has 3 heteroatoms. The van der Waals surface area contributed by atoms with Gasteiger partial charge in [-0.25, -0.2) is 4.98 Å². The average molecular weight is 194 g/mol. The van der Waals surface area contributed by atoms with Gasteiger partial charge in [-0.3, -0.25) is 0 Å². The number of imidazole rings is 1. The van der Waals surface area contributed by atoms with Crippen LogP contribution >= 0.6 is 0 Å². The second-order valence-corrected chi connectivity index (χ2v) is 3.34. The highest BCUT2D eigenvalue weighted by atomic mass is 16.3. The van der Waals surface area contributed by atoms with Gasteiger partial charge in [-0.1, -0.05) is 31.9 Å². The van der Waals surface area contributed by atoms with Crippen molar-refractivity contribution in [1.82, 2.24) is 9.55 Å². The maximum absolute atomic E-state index is 9.64. The maximum atomic E-state index is 9.64. The number of hydrogen-bond acceptors (Lipinski definition) is 2. The molecule has 1 atom stereocenters. The van der Waals surface area contributed by atoms with Crippen molar-refractivity contribution in [2.45, 2.75) is 38.8 Å². The molecule has 0 amide bonds. The van der Waals surface area contributed by atoms with E-state index in [1.807, 2.05) is 6.08 Å². The zero-order valence-electron chi connectivity index (χ0n) is 8.63. The molecule has 0 aliphatic carbocycles. The molecule has 14 heavy (non-hydrogen) atoms. The summed E-state index contributed by atoms with van der Waals surface area (Å²) >= 11 is 0. The third-order valence-corrected chi connectivity index (χ3v) is 2.11. The minimum atomic E-state index is -0.477. The van der Waals surface area contributed by atoms with E-state index in [1.165, 1.54) is 12.8 Å². The monoisotopic (exact) mass is 194 g/mol. The Labute approximate surface area is 85.1 Å². The fraction of sp³-hybridized carbons (Fsp3) is 0.545. The molecule has 1 aromatic rings. The molecule has 78 valence electrons. The molecular weight excluding hydrogens is 176 g/mol. The largest absolute Gasteiger partial charge is 0.373 e. The first kappa shape index (κ1) is 11.0. The van der Waals surface area contributed by atoms with Crippen molar-refractivity contribution in [2.75, 3.05) is 0 Å². The van der Waals surface area contributed by atoms with Crippen LogP contribution in [0.15, 0.2) is 30.9 Å². The first-order valence-corrected chi connectivity index (χ1v) is 5.15. The van der Waals surface area contributed by atoms with Gasteiger partial charge in [-0.05, 0) is 6.42 Å². The highest BCUT2D eigenvalue weighted by molar-refractivity contribution is 4.85. The third kappa shape index (κ3) is 3.75.